The van der Waals surface area contributed by atoms with Crippen LogP contribution in [0.3, 0.4) is 0 Å². The Labute approximate surface area is 157 Å². The van der Waals surface area contributed by atoms with Gasteiger partial charge < -0.3 is 10.1 Å². The Hall–Kier alpha value is -2.91. The van der Waals surface area contributed by atoms with Crippen molar-refractivity contribution in [3.05, 3.63) is 60.2 Å². The summed E-state index contributed by atoms with van der Waals surface area (Å²) in [6.07, 6.45) is 0.131. The van der Waals surface area contributed by atoms with Crippen molar-refractivity contribution in [1.82, 2.24) is 15.6 Å². The highest BCUT2D eigenvalue weighted by atomic mass is 32.2. The highest BCUT2D eigenvalue weighted by Gasteiger charge is 2.15. The van der Waals surface area contributed by atoms with Gasteiger partial charge in [0.15, 0.2) is 0 Å². The highest BCUT2D eigenvalue weighted by Crippen LogP contribution is 2.15. The minimum Gasteiger partial charge on any atom is -0.494 e. The zero-order valence-electron chi connectivity index (χ0n) is 14.8. The zero-order valence-corrected chi connectivity index (χ0v) is 15.6. The summed E-state index contributed by atoms with van der Waals surface area (Å²) in [5.74, 6) is -0.488. The van der Waals surface area contributed by atoms with Crippen LogP contribution in [0, 0.1) is 0 Å². The van der Waals surface area contributed by atoms with Crippen LogP contribution in [-0.2, 0) is 26.0 Å². The number of nitrogens with one attached hydrogen (secondary N) is 3. The fourth-order valence-electron chi connectivity index (χ4n) is 2.13. The molecule has 27 heavy (non-hydrogen) atoms. The van der Waals surface area contributed by atoms with E-state index < -0.39 is 15.9 Å². The van der Waals surface area contributed by atoms with Crippen LogP contribution in [0.15, 0.2) is 59.5 Å². The van der Waals surface area contributed by atoms with Gasteiger partial charge in [-0.25, -0.2) is 8.42 Å². The van der Waals surface area contributed by atoms with Gasteiger partial charge in [0, 0.05) is 0 Å². The molecule has 0 unspecified atom stereocenters. The maximum atomic E-state index is 12.1. The average molecular weight is 391 g/mol. The fraction of sp³-hybridized carbons (Fsp3) is 0.222. The first-order valence-corrected chi connectivity index (χ1v) is 9.73. The molecule has 0 aliphatic rings. The van der Waals surface area contributed by atoms with Crippen LogP contribution in [0.4, 0.5) is 0 Å². The Bertz CT molecular complexity index is 868. The molecule has 0 aliphatic carbocycles. The quantitative estimate of drug-likeness (QED) is 0.546. The van der Waals surface area contributed by atoms with Crippen LogP contribution < -0.4 is 20.3 Å². The van der Waals surface area contributed by atoms with Crippen molar-refractivity contribution in [3.63, 3.8) is 0 Å². The summed E-state index contributed by atoms with van der Waals surface area (Å²) < 4.78 is 29.5. The fourth-order valence-corrected chi connectivity index (χ4v) is 2.99. The van der Waals surface area contributed by atoms with Gasteiger partial charge in [-0.15, -0.1) is 4.83 Å². The van der Waals surface area contributed by atoms with Crippen LogP contribution in [0.25, 0.3) is 0 Å². The summed E-state index contributed by atoms with van der Waals surface area (Å²) in [6.45, 7) is 1.94. The van der Waals surface area contributed by atoms with Gasteiger partial charge in [-0.05, 0) is 36.8 Å². The SMILES string of the molecule is CCOc1ccc(S(=O)(=O)NNC(=O)CNC(=O)Cc2ccccc2)cc1. The second-order valence-corrected chi connectivity index (χ2v) is 7.18. The molecule has 2 amide bonds. The highest BCUT2D eigenvalue weighted by molar-refractivity contribution is 7.89. The van der Waals surface area contributed by atoms with Crippen molar-refractivity contribution in [1.29, 1.82) is 0 Å². The molecule has 2 rings (SSSR count). The molecule has 0 atom stereocenters. The summed E-state index contributed by atoms with van der Waals surface area (Å²) in [5, 5.41) is 2.43. The van der Waals surface area contributed by atoms with Gasteiger partial charge >= 0.3 is 0 Å². The molecule has 9 heteroatoms. The topological polar surface area (TPSA) is 114 Å². The summed E-state index contributed by atoms with van der Waals surface area (Å²) in [7, 11) is -3.92. The summed E-state index contributed by atoms with van der Waals surface area (Å²) in [4.78, 5) is 25.5. The summed E-state index contributed by atoms with van der Waals surface area (Å²) >= 11 is 0. The number of carbonyl (C=O) groups is 2. The van der Waals surface area contributed by atoms with Gasteiger partial charge in [0.1, 0.15) is 5.75 Å². The second kappa shape index (κ2) is 9.70. The number of carbonyl (C=O) groups excluding carboxylic acids is 2. The third-order valence-corrected chi connectivity index (χ3v) is 4.69. The van der Waals surface area contributed by atoms with E-state index in [2.05, 4.69) is 10.7 Å². The molecule has 0 aromatic heterocycles. The van der Waals surface area contributed by atoms with Crippen molar-refractivity contribution in [2.75, 3.05) is 13.2 Å². The first-order chi connectivity index (χ1) is 12.9. The number of sulfonamides is 1. The maximum absolute atomic E-state index is 12.1. The minimum atomic E-state index is -3.92. The molecular formula is C18H21N3O5S. The smallest absolute Gasteiger partial charge is 0.257 e. The minimum absolute atomic E-state index is 0.0284. The average Bonchev–Trinajstić information content (AvgIpc) is 2.66. The summed E-state index contributed by atoms with van der Waals surface area (Å²) in [5.41, 5.74) is 2.87. The number of hydrogen-bond acceptors (Lipinski definition) is 5. The number of rotatable bonds is 9. The molecule has 0 saturated heterocycles. The number of hydrogen-bond donors (Lipinski definition) is 3. The number of ether oxygens (including phenoxy) is 1. The van der Waals surface area contributed by atoms with E-state index in [4.69, 9.17) is 4.74 Å². The van der Waals surface area contributed by atoms with Crippen LogP contribution in [0.2, 0.25) is 0 Å². The largest absolute Gasteiger partial charge is 0.494 e. The van der Waals surface area contributed by atoms with Crippen molar-refractivity contribution < 1.29 is 22.7 Å². The number of amides is 2. The van der Waals surface area contributed by atoms with Gasteiger partial charge in [-0.3, -0.25) is 15.0 Å². The first-order valence-electron chi connectivity index (χ1n) is 8.25. The Morgan fingerprint density at radius 3 is 2.26 bits per heavy atom. The van der Waals surface area contributed by atoms with Crippen molar-refractivity contribution in [2.45, 2.75) is 18.2 Å². The van der Waals surface area contributed by atoms with Gasteiger partial charge in [-0.2, -0.15) is 0 Å². The molecular weight excluding hydrogens is 370 g/mol. The van der Waals surface area contributed by atoms with Crippen molar-refractivity contribution in [2.24, 2.45) is 0 Å². The Balaban J connectivity index is 1.79. The van der Waals surface area contributed by atoms with Crippen LogP contribution >= 0.6 is 0 Å². The Morgan fingerprint density at radius 2 is 1.63 bits per heavy atom. The standard InChI is InChI=1S/C18H21N3O5S/c1-2-26-15-8-10-16(11-9-15)27(24,25)21-20-18(23)13-19-17(22)12-14-6-4-3-5-7-14/h3-11,21H,2,12-13H2,1H3,(H,19,22)(H,20,23). The molecule has 2 aromatic rings. The van der Waals surface area contributed by atoms with E-state index in [1.54, 1.807) is 12.1 Å². The van der Waals surface area contributed by atoms with Gasteiger partial charge in [0.25, 0.3) is 15.9 Å². The van der Waals surface area contributed by atoms with Gasteiger partial charge in [0.05, 0.1) is 24.5 Å². The lowest BCUT2D eigenvalue weighted by molar-refractivity contribution is -0.126. The molecule has 3 N–H and O–H groups in total. The maximum Gasteiger partial charge on any atom is 0.257 e. The van der Waals surface area contributed by atoms with E-state index in [-0.39, 0.29) is 23.8 Å². The van der Waals surface area contributed by atoms with E-state index in [0.29, 0.717) is 12.4 Å². The van der Waals surface area contributed by atoms with Gasteiger partial charge in [0.2, 0.25) is 5.91 Å². The van der Waals surface area contributed by atoms with E-state index in [1.807, 2.05) is 30.0 Å². The Kier molecular flexibility index (Phi) is 7.33. The molecule has 0 fully saturated rings. The zero-order chi connectivity index (χ0) is 19.7. The van der Waals surface area contributed by atoms with Crippen LogP contribution in [0.5, 0.6) is 5.75 Å². The lowest BCUT2D eigenvalue weighted by atomic mass is 10.1. The molecule has 2 aromatic carbocycles. The van der Waals surface area contributed by atoms with Gasteiger partial charge in [-0.1, -0.05) is 30.3 Å². The molecule has 0 saturated carbocycles. The Morgan fingerprint density at radius 1 is 0.963 bits per heavy atom. The van der Waals surface area contributed by atoms with E-state index in [1.165, 1.54) is 24.3 Å². The van der Waals surface area contributed by atoms with Crippen molar-refractivity contribution in [3.8, 4) is 5.75 Å². The lowest BCUT2D eigenvalue weighted by Crippen LogP contribution is -2.46. The number of hydrazine groups is 1. The molecule has 0 spiro atoms. The number of benzene rings is 2. The van der Waals surface area contributed by atoms with E-state index in [0.717, 1.165) is 5.56 Å². The monoisotopic (exact) mass is 391 g/mol. The predicted molar refractivity (Wildman–Crippen MR) is 99.2 cm³/mol. The molecule has 8 nitrogen and oxygen atoms in total. The first kappa shape index (κ1) is 20.4. The molecule has 0 bridgehead atoms. The van der Waals surface area contributed by atoms with Crippen LogP contribution in [0.1, 0.15) is 12.5 Å². The third-order valence-electron chi connectivity index (χ3n) is 3.42. The second-order valence-electron chi connectivity index (χ2n) is 5.50. The predicted octanol–water partition coefficient (Wildman–Crippen LogP) is 0.754. The van der Waals surface area contributed by atoms with E-state index in [9.17, 15) is 18.0 Å². The lowest BCUT2D eigenvalue weighted by Gasteiger charge is -2.10. The molecule has 144 valence electrons. The normalized spacial score (nSPS) is 10.9. The third kappa shape index (κ3) is 6.72. The van der Waals surface area contributed by atoms with Crippen molar-refractivity contribution >= 4 is 21.8 Å². The molecule has 0 heterocycles. The molecule has 0 aliphatic heterocycles. The summed E-state index contributed by atoms with van der Waals surface area (Å²) in [6, 6.07) is 14.8. The molecule has 0 radical (unpaired) electrons. The van der Waals surface area contributed by atoms with Crippen LogP contribution in [-0.4, -0.2) is 33.4 Å². The van der Waals surface area contributed by atoms with E-state index >= 15 is 0 Å².